The van der Waals surface area contributed by atoms with E-state index in [1.807, 2.05) is 6.07 Å². The molecule has 1 fully saturated rings. The normalized spacial score (nSPS) is 17.1. The molecule has 2 heteroatoms. The van der Waals surface area contributed by atoms with Crippen molar-refractivity contribution in [2.45, 2.75) is 58.5 Å². The molecule has 0 aliphatic heterocycles. The van der Waals surface area contributed by atoms with E-state index in [1.165, 1.54) is 19.3 Å². The highest BCUT2D eigenvalue weighted by molar-refractivity contribution is 5.29. The molecule has 0 spiro atoms. The van der Waals surface area contributed by atoms with Crippen LogP contribution in [0.4, 0.5) is 4.39 Å². The lowest BCUT2D eigenvalue weighted by atomic mass is 9.97. The molecule has 0 radical (unpaired) electrons. The lowest BCUT2D eigenvalue weighted by molar-refractivity contribution is 0.148. The van der Waals surface area contributed by atoms with Crippen molar-refractivity contribution in [2.75, 3.05) is 0 Å². The molecule has 0 unspecified atom stereocenters. The van der Waals surface area contributed by atoms with Gasteiger partial charge in [0.05, 0.1) is 6.10 Å². The van der Waals surface area contributed by atoms with E-state index >= 15 is 0 Å². The summed E-state index contributed by atoms with van der Waals surface area (Å²) in [5, 5.41) is 0. The van der Waals surface area contributed by atoms with Crippen molar-refractivity contribution >= 4 is 0 Å². The van der Waals surface area contributed by atoms with E-state index in [9.17, 15) is 4.39 Å². The van der Waals surface area contributed by atoms with E-state index < -0.39 is 0 Å². The van der Waals surface area contributed by atoms with Crippen LogP contribution in [0, 0.1) is 11.7 Å². The fourth-order valence-corrected chi connectivity index (χ4v) is 2.60. The van der Waals surface area contributed by atoms with Gasteiger partial charge in [0, 0.05) is 0 Å². The Morgan fingerprint density at radius 3 is 2.56 bits per heavy atom. The van der Waals surface area contributed by atoms with Crippen molar-refractivity contribution in [3.63, 3.8) is 0 Å². The van der Waals surface area contributed by atoms with Gasteiger partial charge in [-0.2, -0.15) is 0 Å². The van der Waals surface area contributed by atoms with Gasteiger partial charge in [-0.15, -0.1) is 0 Å². The molecule has 0 N–H and O–H groups in total. The Balaban J connectivity index is 2.00. The second-order valence-electron chi connectivity index (χ2n) is 5.74. The van der Waals surface area contributed by atoms with Crippen LogP contribution in [0.3, 0.4) is 0 Å². The molecule has 1 aliphatic carbocycles. The summed E-state index contributed by atoms with van der Waals surface area (Å²) in [4.78, 5) is 0. The summed E-state index contributed by atoms with van der Waals surface area (Å²) in [5.41, 5.74) is 1.05. The molecule has 1 aromatic rings. The minimum atomic E-state index is -0.210. The molecule has 1 aromatic carbocycles. The highest BCUT2D eigenvalue weighted by Gasteiger charge is 2.16. The average molecular weight is 250 g/mol. The molecule has 2 rings (SSSR count). The van der Waals surface area contributed by atoms with Crippen LogP contribution in [0.2, 0.25) is 0 Å². The largest absolute Gasteiger partial charge is 0.487 e. The first-order chi connectivity index (χ1) is 8.65. The number of rotatable bonds is 4. The molecule has 1 nitrogen and oxygen atoms in total. The van der Waals surface area contributed by atoms with Gasteiger partial charge >= 0.3 is 0 Å². The number of benzene rings is 1. The van der Waals surface area contributed by atoms with Crippen LogP contribution in [0.25, 0.3) is 0 Å². The molecule has 0 heterocycles. The molecule has 0 aromatic heterocycles. The summed E-state index contributed by atoms with van der Waals surface area (Å²) in [5.74, 6) is 0.766. The predicted molar refractivity (Wildman–Crippen MR) is 72.4 cm³/mol. The Morgan fingerprint density at radius 1 is 1.22 bits per heavy atom. The van der Waals surface area contributed by atoms with Crippen molar-refractivity contribution in [1.82, 2.24) is 0 Å². The number of ether oxygens (including phenoxy) is 1. The minimum Gasteiger partial charge on any atom is -0.487 e. The zero-order chi connectivity index (χ0) is 13.0. The highest BCUT2D eigenvalue weighted by Crippen LogP contribution is 2.26. The second-order valence-corrected chi connectivity index (χ2v) is 5.74. The number of hydrogen-bond donors (Lipinski definition) is 0. The molecule has 0 bridgehead atoms. The highest BCUT2D eigenvalue weighted by atomic mass is 19.1. The van der Waals surface area contributed by atoms with Crippen LogP contribution in [-0.2, 0) is 6.42 Å². The van der Waals surface area contributed by atoms with Crippen molar-refractivity contribution in [3.05, 3.63) is 29.6 Å². The van der Waals surface area contributed by atoms with E-state index in [-0.39, 0.29) is 11.9 Å². The fraction of sp³-hybridized carbons (Fsp3) is 0.625. The summed E-state index contributed by atoms with van der Waals surface area (Å²) in [7, 11) is 0. The standard InChI is InChI=1S/C16H23FO/c1-12(2)10-13-8-9-16(15(17)11-13)18-14-6-4-3-5-7-14/h8-9,11-12,14H,3-7,10H2,1-2H3. The minimum absolute atomic E-state index is 0.210. The maximum atomic E-state index is 13.9. The average Bonchev–Trinajstić information content (AvgIpc) is 2.33. The number of halogens is 1. The van der Waals surface area contributed by atoms with E-state index in [2.05, 4.69) is 13.8 Å². The Labute approximate surface area is 109 Å². The maximum absolute atomic E-state index is 13.9. The van der Waals surface area contributed by atoms with Gasteiger partial charge in [-0.3, -0.25) is 0 Å². The lowest BCUT2D eigenvalue weighted by Crippen LogP contribution is -2.20. The molecular weight excluding hydrogens is 227 g/mol. The summed E-state index contributed by atoms with van der Waals surface area (Å²) in [6.07, 6.45) is 6.95. The Kier molecular flexibility index (Phi) is 4.62. The lowest BCUT2D eigenvalue weighted by Gasteiger charge is -2.23. The summed E-state index contributed by atoms with van der Waals surface area (Å²) < 4.78 is 19.7. The van der Waals surface area contributed by atoms with Crippen LogP contribution in [-0.4, -0.2) is 6.10 Å². The Morgan fingerprint density at radius 2 is 1.94 bits per heavy atom. The first-order valence-corrected chi connectivity index (χ1v) is 7.10. The maximum Gasteiger partial charge on any atom is 0.165 e. The second kappa shape index (κ2) is 6.21. The van der Waals surface area contributed by atoms with Gasteiger partial charge in [0.1, 0.15) is 0 Å². The molecule has 100 valence electrons. The number of hydrogen-bond acceptors (Lipinski definition) is 1. The van der Waals surface area contributed by atoms with E-state index in [0.717, 1.165) is 24.8 Å². The van der Waals surface area contributed by atoms with E-state index in [0.29, 0.717) is 11.7 Å². The Hall–Kier alpha value is -1.05. The van der Waals surface area contributed by atoms with Gasteiger partial charge in [0.25, 0.3) is 0 Å². The molecule has 1 saturated carbocycles. The molecule has 0 saturated heterocycles. The van der Waals surface area contributed by atoms with E-state index in [1.54, 1.807) is 12.1 Å². The predicted octanol–water partition coefficient (Wildman–Crippen LogP) is 4.74. The summed E-state index contributed by atoms with van der Waals surface area (Å²) in [6, 6.07) is 5.40. The van der Waals surface area contributed by atoms with E-state index in [4.69, 9.17) is 4.74 Å². The van der Waals surface area contributed by atoms with Crippen molar-refractivity contribution in [1.29, 1.82) is 0 Å². The third-order valence-electron chi connectivity index (χ3n) is 3.49. The molecule has 18 heavy (non-hydrogen) atoms. The third kappa shape index (κ3) is 3.72. The van der Waals surface area contributed by atoms with Crippen LogP contribution in [0.1, 0.15) is 51.5 Å². The third-order valence-corrected chi connectivity index (χ3v) is 3.49. The van der Waals surface area contributed by atoms with Crippen LogP contribution in [0.5, 0.6) is 5.75 Å². The van der Waals surface area contributed by atoms with Gasteiger partial charge < -0.3 is 4.74 Å². The van der Waals surface area contributed by atoms with Crippen LogP contribution in [0.15, 0.2) is 18.2 Å². The molecular formula is C16H23FO. The molecule has 1 aliphatic rings. The molecule has 0 atom stereocenters. The quantitative estimate of drug-likeness (QED) is 0.750. The van der Waals surface area contributed by atoms with Crippen LogP contribution < -0.4 is 4.74 Å². The van der Waals surface area contributed by atoms with Gasteiger partial charge in [-0.1, -0.05) is 26.3 Å². The Bertz CT molecular complexity index is 381. The van der Waals surface area contributed by atoms with Crippen molar-refractivity contribution in [3.8, 4) is 5.75 Å². The smallest absolute Gasteiger partial charge is 0.165 e. The fourth-order valence-electron chi connectivity index (χ4n) is 2.60. The van der Waals surface area contributed by atoms with Gasteiger partial charge in [-0.05, 0) is 55.7 Å². The van der Waals surface area contributed by atoms with Gasteiger partial charge in [0.2, 0.25) is 0 Å². The zero-order valence-corrected chi connectivity index (χ0v) is 11.4. The topological polar surface area (TPSA) is 9.23 Å². The molecule has 0 amide bonds. The zero-order valence-electron chi connectivity index (χ0n) is 11.4. The SMILES string of the molecule is CC(C)Cc1ccc(OC2CCCCC2)c(F)c1. The van der Waals surface area contributed by atoms with Crippen LogP contribution >= 0.6 is 0 Å². The monoisotopic (exact) mass is 250 g/mol. The summed E-state index contributed by atoms with van der Waals surface area (Å²) >= 11 is 0. The van der Waals surface area contributed by atoms with Crippen molar-refractivity contribution in [2.24, 2.45) is 5.92 Å². The first-order valence-electron chi connectivity index (χ1n) is 7.10. The van der Waals surface area contributed by atoms with Crippen molar-refractivity contribution < 1.29 is 9.13 Å². The summed E-state index contributed by atoms with van der Waals surface area (Å²) in [6.45, 7) is 4.29. The first kappa shape index (κ1) is 13.4. The van der Waals surface area contributed by atoms with Gasteiger partial charge in [-0.25, -0.2) is 4.39 Å². The van der Waals surface area contributed by atoms with Gasteiger partial charge in [0.15, 0.2) is 11.6 Å².